The average Bonchev–Trinajstić information content (AvgIpc) is 2.98. The van der Waals surface area contributed by atoms with Gasteiger partial charge in [0.15, 0.2) is 0 Å². The largest absolute Gasteiger partial charge is 0.371 e. The lowest BCUT2D eigenvalue weighted by molar-refractivity contribution is 0.355. The molecule has 0 atom stereocenters. The van der Waals surface area contributed by atoms with Crippen molar-refractivity contribution in [3.8, 4) is 5.69 Å². The van der Waals surface area contributed by atoms with Crippen LogP contribution in [0.5, 0.6) is 0 Å². The number of nitrogens with zero attached hydrogens (tertiary/aromatic N) is 7. The molecule has 3 heterocycles. The van der Waals surface area contributed by atoms with Crippen molar-refractivity contribution in [3.63, 3.8) is 0 Å². The number of piperidine rings is 1. The summed E-state index contributed by atoms with van der Waals surface area (Å²) in [7, 11) is 7.50. The van der Waals surface area contributed by atoms with Crippen LogP contribution in [-0.2, 0) is 6.54 Å². The van der Waals surface area contributed by atoms with Crippen molar-refractivity contribution >= 4 is 62.3 Å². The Labute approximate surface area is 259 Å². The Morgan fingerprint density at radius 1 is 0.744 bits per heavy atom. The van der Waals surface area contributed by atoms with Crippen LogP contribution in [0.3, 0.4) is 0 Å². The maximum atomic E-state index is 13.3. The van der Waals surface area contributed by atoms with E-state index in [9.17, 15) is 9.59 Å². The number of rotatable bonds is 6. The lowest BCUT2D eigenvalue weighted by Gasteiger charge is -2.34. The number of aromatic nitrogens is 4. The number of benzene rings is 3. The van der Waals surface area contributed by atoms with E-state index in [-0.39, 0.29) is 11.4 Å². The van der Waals surface area contributed by atoms with Crippen molar-refractivity contribution in [2.45, 2.75) is 19.4 Å². The normalized spacial score (nSPS) is 14.0. The number of hydrogen-bond acceptors (Lipinski definition) is 7. The number of hydrogen-bond donors (Lipinski definition) is 0. The van der Waals surface area contributed by atoms with Gasteiger partial charge in [-0.2, -0.15) is 9.97 Å². The van der Waals surface area contributed by atoms with Crippen molar-refractivity contribution in [2.24, 2.45) is 5.92 Å². The third-order valence-corrected chi connectivity index (χ3v) is 8.58. The first-order valence-electron chi connectivity index (χ1n) is 14.2. The SMILES string of the molecule is CN(C)c1nc(=O)n(CC2CCN(c3cccc(-n4c(=O)nc(N(C)C)c5ccc(Cl)cc54)c3)CC2)c2cc(Cl)ccc12. The molecule has 0 spiro atoms. The monoisotopic (exact) mass is 617 g/mol. The lowest BCUT2D eigenvalue weighted by Crippen LogP contribution is -2.37. The van der Waals surface area contributed by atoms with Gasteiger partial charge in [-0.1, -0.05) is 29.3 Å². The summed E-state index contributed by atoms with van der Waals surface area (Å²) in [5, 5.41) is 2.89. The summed E-state index contributed by atoms with van der Waals surface area (Å²) in [6.45, 7) is 2.23. The minimum atomic E-state index is -0.360. The van der Waals surface area contributed by atoms with Crippen molar-refractivity contribution in [1.82, 2.24) is 19.1 Å². The van der Waals surface area contributed by atoms with Gasteiger partial charge in [0.05, 0.1) is 16.7 Å². The molecular formula is C32H33Cl2N7O2. The molecule has 2 aromatic heterocycles. The molecular weight excluding hydrogens is 585 g/mol. The molecule has 0 unspecified atom stereocenters. The van der Waals surface area contributed by atoms with Crippen molar-refractivity contribution in [2.75, 3.05) is 56.0 Å². The van der Waals surface area contributed by atoms with Crippen molar-refractivity contribution < 1.29 is 0 Å². The minimum absolute atomic E-state index is 0.264. The Morgan fingerprint density at radius 3 is 1.93 bits per heavy atom. The quantitative estimate of drug-likeness (QED) is 0.251. The zero-order valence-corrected chi connectivity index (χ0v) is 26.1. The molecule has 3 aromatic carbocycles. The second kappa shape index (κ2) is 11.5. The summed E-state index contributed by atoms with van der Waals surface area (Å²) in [6, 6.07) is 19.1. The molecule has 1 aliphatic heterocycles. The molecule has 11 heteroatoms. The molecule has 6 rings (SSSR count). The molecule has 43 heavy (non-hydrogen) atoms. The summed E-state index contributed by atoms with van der Waals surface area (Å²) in [5.41, 5.74) is 2.65. The van der Waals surface area contributed by atoms with Gasteiger partial charge in [-0.15, -0.1) is 0 Å². The van der Waals surface area contributed by atoms with E-state index in [0.717, 1.165) is 53.6 Å². The molecule has 0 N–H and O–H groups in total. The van der Waals surface area contributed by atoms with Crippen LogP contribution in [0, 0.1) is 5.92 Å². The van der Waals surface area contributed by atoms with E-state index in [1.54, 1.807) is 9.13 Å². The second-order valence-electron chi connectivity index (χ2n) is 11.4. The van der Waals surface area contributed by atoms with Gasteiger partial charge in [0, 0.05) is 74.3 Å². The van der Waals surface area contributed by atoms with Crippen LogP contribution in [0.25, 0.3) is 27.5 Å². The molecule has 222 valence electrons. The Morgan fingerprint density at radius 2 is 1.30 bits per heavy atom. The maximum Gasteiger partial charge on any atom is 0.354 e. The van der Waals surface area contributed by atoms with Crippen LogP contribution < -0.4 is 26.1 Å². The van der Waals surface area contributed by atoms with E-state index in [1.165, 1.54) is 0 Å². The first kappa shape index (κ1) is 29.0. The van der Waals surface area contributed by atoms with Gasteiger partial charge >= 0.3 is 11.4 Å². The Balaban J connectivity index is 1.26. The maximum absolute atomic E-state index is 13.3. The molecule has 5 aromatic rings. The molecule has 1 saturated heterocycles. The molecule has 0 radical (unpaired) electrons. The van der Waals surface area contributed by atoms with E-state index >= 15 is 0 Å². The number of fused-ring (bicyclic) bond motifs is 2. The van der Waals surface area contributed by atoms with E-state index in [0.29, 0.717) is 39.7 Å². The first-order chi connectivity index (χ1) is 20.6. The van der Waals surface area contributed by atoms with Gasteiger partial charge in [0.2, 0.25) is 0 Å². The minimum Gasteiger partial charge on any atom is -0.371 e. The highest BCUT2D eigenvalue weighted by molar-refractivity contribution is 6.31. The van der Waals surface area contributed by atoms with E-state index in [1.807, 2.05) is 92.6 Å². The first-order valence-corrected chi connectivity index (χ1v) is 15.0. The van der Waals surface area contributed by atoms with Crippen LogP contribution in [0.1, 0.15) is 12.8 Å². The van der Waals surface area contributed by atoms with E-state index in [2.05, 4.69) is 20.9 Å². The van der Waals surface area contributed by atoms with Crippen LogP contribution in [0.2, 0.25) is 10.0 Å². The molecule has 9 nitrogen and oxygen atoms in total. The molecule has 0 bridgehead atoms. The third-order valence-electron chi connectivity index (χ3n) is 8.11. The fourth-order valence-electron chi connectivity index (χ4n) is 5.98. The Hall–Kier alpha value is -4.08. The van der Waals surface area contributed by atoms with Gasteiger partial charge in [0.1, 0.15) is 11.6 Å². The Kier molecular flexibility index (Phi) is 7.79. The summed E-state index contributed by atoms with van der Waals surface area (Å²) < 4.78 is 3.39. The van der Waals surface area contributed by atoms with Gasteiger partial charge < -0.3 is 14.7 Å². The predicted molar refractivity (Wildman–Crippen MR) is 177 cm³/mol. The number of halogens is 2. The fourth-order valence-corrected chi connectivity index (χ4v) is 6.32. The molecule has 0 amide bonds. The predicted octanol–water partition coefficient (Wildman–Crippen LogP) is 5.45. The van der Waals surface area contributed by atoms with Crippen molar-refractivity contribution in [1.29, 1.82) is 0 Å². The van der Waals surface area contributed by atoms with Gasteiger partial charge in [-0.25, -0.2) is 9.59 Å². The molecule has 1 fully saturated rings. The highest BCUT2D eigenvalue weighted by atomic mass is 35.5. The molecule has 1 aliphatic rings. The molecule has 0 aliphatic carbocycles. The Bertz CT molecular complexity index is 1960. The number of anilines is 3. The highest BCUT2D eigenvalue weighted by Crippen LogP contribution is 2.31. The van der Waals surface area contributed by atoms with Crippen LogP contribution in [0.4, 0.5) is 17.3 Å². The van der Waals surface area contributed by atoms with Crippen LogP contribution in [0.15, 0.2) is 70.3 Å². The smallest absolute Gasteiger partial charge is 0.354 e. The standard InChI is InChI=1S/C32H33Cl2N7O2/c1-37(2)29-25-10-8-21(33)16-27(25)40(31(42)35-29)19-20-12-14-39(15-13-20)23-6-5-7-24(18-23)41-28-17-22(34)9-11-26(28)30(38(3)4)36-32(41)43/h5-11,16-18,20H,12-15,19H2,1-4H3. The van der Waals surface area contributed by atoms with Crippen LogP contribution >= 0.6 is 23.2 Å². The topological polar surface area (TPSA) is 79.5 Å². The summed E-state index contributed by atoms with van der Waals surface area (Å²) >= 11 is 12.7. The van der Waals surface area contributed by atoms with Gasteiger partial charge in [-0.05, 0) is 73.4 Å². The lowest BCUT2D eigenvalue weighted by atomic mass is 9.96. The zero-order valence-electron chi connectivity index (χ0n) is 24.6. The zero-order chi connectivity index (χ0) is 30.4. The van der Waals surface area contributed by atoms with Crippen LogP contribution in [-0.4, -0.2) is 60.4 Å². The van der Waals surface area contributed by atoms with Gasteiger partial charge in [-0.3, -0.25) is 9.13 Å². The van der Waals surface area contributed by atoms with Gasteiger partial charge in [0.25, 0.3) is 0 Å². The van der Waals surface area contributed by atoms with Crippen molar-refractivity contribution in [3.05, 3.63) is 91.7 Å². The molecule has 0 saturated carbocycles. The van der Waals surface area contributed by atoms with E-state index < -0.39 is 0 Å². The summed E-state index contributed by atoms with van der Waals surface area (Å²) in [6.07, 6.45) is 1.82. The summed E-state index contributed by atoms with van der Waals surface area (Å²) in [5.74, 6) is 1.55. The fraction of sp³-hybridized carbons (Fsp3) is 0.312. The van der Waals surface area contributed by atoms with E-state index in [4.69, 9.17) is 23.2 Å². The summed E-state index contributed by atoms with van der Waals surface area (Å²) in [4.78, 5) is 41.2. The third kappa shape index (κ3) is 5.55. The average molecular weight is 619 g/mol. The second-order valence-corrected chi connectivity index (χ2v) is 12.3. The highest BCUT2D eigenvalue weighted by Gasteiger charge is 2.23.